The van der Waals surface area contributed by atoms with E-state index < -0.39 is 22.3 Å². The molecule has 9 heteroatoms. The van der Waals surface area contributed by atoms with Crippen LogP contribution in [0.4, 0.5) is 20.9 Å². The number of benzene rings is 1. The van der Waals surface area contributed by atoms with Crippen LogP contribution < -0.4 is 11.1 Å². The predicted molar refractivity (Wildman–Crippen MR) is 67.5 cm³/mol. The number of hydrogen-bond donors (Lipinski definition) is 2. The molecule has 0 saturated heterocycles. The average molecular weight is 282 g/mol. The second-order valence-corrected chi connectivity index (χ2v) is 4.33. The summed E-state index contributed by atoms with van der Waals surface area (Å²) in [5.74, 6) is -1.39. The number of halogens is 1. The predicted octanol–water partition coefficient (Wildman–Crippen LogP) is 2.02. The molecule has 1 aromatic heterocycles. The van der Waals surface area contributed by atoms with Gasteiger partial charge in [-0.2, -0.15) is 0 Å². The van der Waals surface area contributed by atoms with Gasteiger partial charge in [-0.05, 0) is 6.07 Å². The van der Waals surface area contributed by atoms with Crippen molar-refractivity contribution in [3.05, 3.63) is 45.2 Å². The maximum atomic E-state index is 13.1. The van der Waals surface area contributed by atoms with Gasteiger partial charge in [0.2, 0.25) is 0 Å². The minimum Gasteiger partial charge on any atom is -0.375 e. The molecule has 0 bridgehead atoms. The number of nitrogens with zero attached hydrogens (tertiary/aromatic N) is 2. The van der Waals surface area contributed by atoms with Gasteiger partial charge in [-0.15, -0.1) is 11.3 Å². The number of nitro benzene ring substituents is 1. The molecular weight excluding hydrogens is 275 g/mol. The Bertz CT molecular complexity index is 658. The highest BCUT2D eigenvalue weighted by Gasteiger charge is 2.18. The van der Waals surface area contributed by atoms with Crippen LogP contribution in [0.25, 0.3) is 0 Å². The molecule has 0 aliphatic rings. The van der Waals surface area contributed by atoms with Crippen molar-refractivity contribution in [1.82, 2.24) is 4.98 Å². The minimum atomic E-state index is -0.718. The molecule has 0 spiro atoms. The van der Waals surface area contributed by atoms with Crippen LogP contribution in [0.15, 0.2) is 23.6 Å². The SMILES string of the molecule is Nc1nc(C(=O)Nc2cc(F)ccc2[N+](=O)[O-])cs1. The Morgan fingerprint density at radius 2 is 2.26 bits per heavy atom. The van der Waals surface area contributed by atoms with E-state index in [0.29, 0.717) is 0 Å². The highest BCUT2D eigenvalue weighted by Crippen LogP contribution is 2.25. The molecule has 1 aromatic carbocycles. The summed E-state index contributed by atoms with van der Waals surface area (Å²) in [6.07, 6.45) is 0. The van der Waals surface area contributed by atoms with E-state index in [9.17, 15) is 19.3 Å². The fourth-order valence-electron chi connectivity index (χ4n) is 1.35. The summed E-state index contributed by atoms with van der Waals surface area (Å²) >= 11 is 1.05. The Balaban J connectivity index is 2.30. The van der Waals surface area contributed by atoms with E-state index in [0.717, 1.165) is 29.5 Å². The van der Waals surface area contributed by atoms with Crippen LogP contribution in [0.3, 0.4) is 0 Å². The number of hydrogen-bond acceptors (Lipinski definition) is 6. The van der Waals surface area contributed by atoms with Gasteiger partial charge in [0.1, 0.15) is 17.2 Å². The summed E-state index contributed by atoms with van der Waals surface area (Å²) in [5.41, 5.74) is 4.75. The maximum absolute atomic E-state index is 13.1. The zero-order chi connectivity index (χ0) is 14.0. The van der Waals surface area contributed by atoms with Gasteiger partial charge < -0.3 is 11.1 Å². The summed E-state index contributed by atoms with van der Waals surface area (Å²) in [7, 11) is 0. The first-order chi connectivity index (χ1) is 8.97. The lowest BCUT2D eigenvalue weighted by molar-refractivity contribution is -0.384. The van der Waals surface area contributed by atoms with Crippen molar-refractivity contribution in [3.8, 4) is 0 Å². The topological polar surface area (TPSA) is 111 Å². The second-order valence-electron chi connectivity index (χ2n) is 3.44. The van der Waals surface area contributed by atoms with E-state index >= 15 is 0 Å². The van der Waals surface area contributed by atoms with Crippen LogP contribution in [0.1, 0.15) is 10.5 Å². The monoisotopic (exact) mass is 282 g/mol. The van der Waals surface area contributed by atoms with Gasteiger partial charge >= 0.3 is 0 Å². The Morgan fingerprint density at radius 3 is 2.84 bits per heavy atom. The first kappa shape index (κ1) is 12.9. The minimum absolute atomic E-state index is 0.0149. The molecular formula is C10H7FN4O3S. The van der Waals surface area contributed by atoms with Crippen molar-refractivity contribution >= 4 is 33.8 Å². The van der Waals surface area contributed by atoms with E-state index in [1.165, 1.54) is 5.38 Å². The number of rotatable bonds is 3. The summed E-state index contributed by atoms with van der Waals surface area (Å²) in [6.45, 7) is 0. The molecule has 1 heterocycles. The molecule has 2 aromatic rings. The number of thiazole rings is 1. The summed E-state index contributed by atoms with van der Waals surface area (Å²) in [6, 6.07) is 2.78. The number of amides is 1. The fourth-order valence-corrected chi connectivity index (χ4v) is 1.89. The van der Waals surface area contributed by atoms with Crippen molar-refractivity contribution in [3.63, 3.8) is 0 Å². The Hall–Kier alpha value is -2.55. The number of nitrogens with one attached hydrogen (secondary N) is 1. The molecule has 0 aliphatic heterocycles. The third kappa shape index (κ3) is 2.83. The highest BCUT2D eigenvalue weighted by atomic mass is 32.1. The number of anilines is 2. The maximum Gasteiger partial charge on any atom is 0.292 e. The molecule has 0 atom stereocenters. The van der Waals surface area contributed by atoms with Gasteiger partial charge in [0, 0.05) is 17.5 Å². The molecule has 7 nitrogen and oxygen atoms in total. The quantitative estimate of drug-likeness (QED) is 0.660. The number of aromatic nitrogens is 1. The molecule has 0 radical (unpaired) electrons. The summed E-state index contributed by atoms with van der Waals surface area (Å²) in [5, 5.41) is 14.6. The molecule has 19 heavy (non-hydrogen) atoms. The van der Waals surface area contributed by atoms with Crippen LogP contribution in [-0.4, -0.2) is 15.8 Å². The molecule has 0 aliphatic carbocycles. The van der Waals surface area contributed by atoms with E-state index in [1.807, 2.05) is 0 Å². The molecule has 0 unspecified atom stereocenters. The van der Waals surface area contributed by atoms with Gasteiger partial charge in [-0.3, -0.25) is 14.9 Å². The van der Waals surface area contributed by atoms with Gasteiger partial charge in [-0.1, -0.05) is 0 Å². The number of carbonyl (C=O) groups excluding carboxylic acids is 1. The van der Waals surface area contributed by atoms with Gasteiger partial charge in [0.15, 0.2) is 5.13 Å². The third-order valence-electron chi connectivity index (χ3n) is 2.16. The largest absolute Gasteiger partial charge is 0.375 e. The van der Waals surface area contributed by atoms with Crippen molar-refractivity contribution < 1.29 is 14.1 Å². The lowest BCUT2D eigenvalue weighted by Gasteiger charge is -2.04. The standard InChI is InChI=1S/C10H7FN4O3S/c11-5-1-2-8(15(17)18)6(3-5)13-9(16)7-4-19-10(12)14-7/h1-4H,(H2,12,14)(H,13,16). The van der Waals surface area contributed by atoms with Crippen molar-refractivity contribution in [2.45, 2.75) is 0 Å². The average Bonchev–Trinajstić information content (AvgIpc) is 2.75. The van der Waals surface area contributed by atoms with Gasteiger partial charge in [-0.25, -0.2) is 9.37 Å². The van der Waals surface area contributed by atoms with E-state index in [4.69, 9.17) is 5.73 Å². The van der Waals surface area contributed by atoms with Crippen LogP contribution in [0, 0.1) is 15.9 Å². The van der Waals surface area contributed by atoms with E-state index in [-0.39, 0.29) is 16.5 Å². The Morgan fingerprint density at radius 1 is 1.53 bits per heavy atom. The highest BCUT2D eigenvalue weighted by molar-refractivity contribution is 7.13. The second kappa shape index (κ2) is 4.98. The van der Waals surface area contributed by atoms with Gasteiger partial charge in [0.05, 0.1) is 4.92 Å². The fraction of sp³-hybridized carbons (Fsp3) is 0. The lowest BCUT2D eigenvalue weighted by Crippen LogP contribution is -2.13. The smallest absolute Gasteiger partial charge is 0.292 e. The van der Waals surface area contributed by atoms with Crippen LogP contribution in [-0.2, 0) is 0 Å². The summed E-state index contributed by atoms with van der Waals surface area (Å²) in [4.78, 5) is 25.5. The molecule has 2 rings (SSSR count). The van der Waals surface area contributed by atoms with Crippen LogP contribution in [0.2, 0.25) is 0 Å². The zero-order valence-corrected chi connectivity index (χ0v) is 10.1. The molecule has 98 valence electrons. The van der Waals surface area contributed by atoms with Gasteiger partial charge in [0.25, 0.3) is 11.6 Å². The van der Waals surface area contributed by atoms with Crippen LogP contribution >= 0.6 is 11.3 Å². The lowest BCUT2D eigenvalue weighted by atomic mass is 10.2. The normalized spacial score (nSPS) is 10.2. The molecule has 0 fully saturated rings. The van der Waals surface area contributed by atoms with Crippen LogP contribution in [0.5, 0.6) is 0 Å². The number of nitrogen functional groups attached to an aromatic ring is 1. The van der Waals surface area contributed by atoms with Crippen molar-refractivity contribution in [1.29, 1.82) is 0 Å². The molecule has 0 saturated carbocycles. The summed E-state index contributed by atoms with van der Waals surface area (Å²) < 4.78 is 13.1. The zero-order valence-electron chi connectivity index (χ0n) is 9.29. The van der Waals surface area contributed by atoms with E-state index in [2.05, 4.69) is 10.3 Å². The first-order valence-electron chi connectivity index (χ1n) is 4.93. The third-order valence-corrected chi connectivity index (χ3v) is 2.83. The number of carbonyl (C=O) groups is 1. The van der Waals surface area contributed by atoms with E-state index in [1.54, 1.807) is 0 Å². The molecule has 1 amide bonds. The van der Waals surface area contributed by atoms with Crippen molar-refractivity contribution in [2.24, 2.45) is 0 Å². The number of nitro groups is 1. The molecule has 3 N–H and O–H groups in total. The number of nitrogens with two attached hydrogens (primary N) is 1. The van der Waals surface area contributed by atoms with Crippen molar-refractivity contribution in [2.75, 3.05) is 11.1 Å². The Labute approximate surface area is 110 Å². The first-order valence-corrected chi connectivity index (χ1v) is 5.81. The Kier molecular flexibility index (Phi) is 3.38.